The molecule has 0 aromatic heterocycles. The van der Waals surface area contributed by atoms with Crippen molar-refractivity contribution in [3.05, 3.63) is 12.5 Å². The Morgan fingerprint density at radius 1 is 1.17 bits per heavy atom. The summed E-state index contributed by atoms with van der Waals surface area (Å²) >= 11 is 0. The fourth-order valence-electron chi connectivity index (χ4n) is 3.47. The van der Waals surface area contributed by atoms with Gasteiger partial charge in [0, 0.05) is 30.9 Å². The van der Waals surface area contributed by atoms with E-state index < -0.39 is 0 Å². The summed E-state index contributed by atoms with van der Waals surface area (Å²) in [7, 11) is 0. The highest BCUT2D eigenvalue weighted by atomic mass is 16.2. The Labute approximate surface area is 111 Å². The summed E-state index contributed by atoms with van der Waals surface area (Å²) in [5.41, 5.74) is 0.449. The molecule has 1 aliphatic carbocycles. The number of nitrogens with zero attached hydrogens (tertiary/aromatic N) is 1. The molecule has 2 aliphatic rings. The third kappa shape index (κ3) is 3.19. The zero-order valence-corrected chi connectivity index (χ0v) is 11.9. The van der Waals surface area contributed by atoms with E-state index >= 15 is 0 Å². The van der Waals surface area contributed by atoms with E-state index in [0.29, 0.717) is 11.6 Å². The van der Waals surface area contributed by atoms with Crippen molar-refractivity contribution in [3.8, 4) is 0 Å². The highest BCUT2D eigenvalue weighted by Crippen LogP contribution is 2.37. The predicted octanol–water partition coefficient (Wildman–Crippen LogP) is 3.04. The molecule has 18 heavy (non-hydrogen) atoms. The van der Waals surface area contributed by atoms with Gasteiger partial charge in [0.15, 0.2) is 0 Å². The minimum absolute atomic E-state index is 0.449. The van der Waals surface area contributed by atoms with E-state index in [2.05, 4.69) is 24.1 Å². The van der Waals surface area contributed by atoms with Gasteiger partial charge in [-0.15, -0.1) is 0 Å². The van der Waals surface area contributed by atoms with Gasteiger partial charge in [-0.3, -0.25) is 4.90 Å². The van der Waals surface area contributed by atoms with Crippen molar-refractivity contribution in [2.24, 2.45) is 5.92 Å². The standard InChI is InChI=1S/C15H28N2O/c1-13-3-7-15(2,8-4-13)17-10-5-14(6-11-17)16-9-12-18/h9,12-14,16,18H,3-8,10-11H2,1-2H3/b12-9-. The molecule has 0 aromatic carbocycles. The fraction of sp³-hybridized carbons (Fsp3) is 0.867. The van der Waals surface area contributed by atoms with Crippen molar-refractivity contribution in [2.45, 2.75) is 64.0 Å². The summed E-state index contributed by atoms with van der Waals surface area (Å²) < 4.78 is 0. The smallest absolute Gasteiger partial charge is 0.0948 e. The first-order valence-electron chi connectivity index (χ1n) is 7.44. The van der Waals surface area contributed by atoms with E-state index in [9.17, 15) is 0 Å². The maximum atomic E-state index is 8.67. The molecule has 0 amide bonds. The highest BCUT2D eigenvalue weighted by molar-refractivity contribution is 4.94. The van der Waals surface area contributed by atoms with E-state index in [1.165, 1.54) is 51.6 Å². The quantitative estimate of drug-likeness (QED) is 0.758. The largest absolute Gasteiger partial charge is 0.514 e. The van der Waals surface area contributed by atoms with E-state index in [1.807, 2.05) is 0 Å². The lowest BCUT2D eigenvalue weighted by atomic mass is 9.76. The van der Waals surface area contributed by atoms with Crippen molar-refractivity contribution in [3.63, 3.8) is 0 Å². The summed E-state index contributed by atoms with van der Waals surface area (Å²) in [6.07, 6.45) is 10.6. The van der Waals surface area contributed by atoms with Gasteiger partial charge in [-0.1, -0.05) is 6.92 Å². The van der Waals surface area contributed by atoms with Gasteiger partial charge in [-0.05, 0) is 51.4 Å². The van der Waals surface area contributed by atoms with Crippen LogP contribution in [-0.4, -0.2) is 34.7 Å². The number of aliphatic hydroxyl groups is 1. The van der Waals surface area contributed by atoms with Crippen LogP contribution in [-0.2, 0) is 0 Å². The lowest BCUT2D eigenvalue weighted by Crippen LogP contribution is -2.53. The molecule has 0 radical (unpaired) electrons. The molecule has 0 atom stereocenters. The van der Waals surface area contributed by atoms with Gasteiger partial charge in [0.05, 0.1) is 6.26 Å². The molecule has 2 fully saturated rings. The minimum atomic E-state index is 0.449. The second kappa shape index (κ2) is 5.96. The van der Waals surface area contributed by atoms with E-state index in [4.69, 9.17) is 5.11 Å². The van der Waals surface area contributed by atoms with Crippen LogP contribution in [0.25, 0.3) is 0 Å². The van der Waals surface area contributed by atoms with Gasteiger partial charge in [-0.2, -0.15) is 0 Å². The number of nitrogens with one attached hydrogen (secondary N) is 1. The van der Waals surface area contributed by atoms with E-state index in [1.54, 1.807) is 6.20 Å². The summed E-state index contributed by atoms with van der Waals surface area (Å²) in [5, 5.41) is 11.9. The molecule has 0 spiro atoms. The Hall–Kier alpha value is -0.700. The number of hydrogen-bond acceptors (Lipinski definition) is 3. The number of hydrogen-bond donors (Lipinski definition) is 2. The molecule has 0 unspecified atom stereocenters. The lowest BCUT2D eigenvalue weighted by Gasteiger charge is -2.48. The second-order valence-corrected chi connectivity index (χ2v) is 6.42. The molecule has 1 heterocycles. The SMILES string of the molecule is CC1CCC(C)(N2CCC(N/C=C\O)CC2)CC1. The molecule has 3 heteroatoms. The van der Waals surface area contributed by atoms with Crippen LogP contribution in [0.5, 0.6) is 0 Å². The summed E-state index contributed by atoms with van der Waals surface area (Å²) in [6.45, 7) is 7.24. The molecule has 0 bridgehead atoms. The van der Waals surface area contributed by atoms with Crippen LogP contribution in [0.2, 0.25) is 0 Å². The van der Waals surface area contributed by atoms with Crippen LogP contribution in [0.1, 0.15) is 52.4 Å². The van der Waals surface area contributed by atoms with Crippen LogP contribution in [0, 0.1) is 5.92 Å². The monoisotopic (exact) mass is 252 g/mol. The van der Waals surface area contributed by atoms with Crippen molar-refractivity contribution >= 4 is 0 Å². The number of piperidine rings is 1. The zero-order chi connectivity index (χ0) is 13.0. The fourth-order valence-corrected chi connectivity index (χ4v) is 3.47. The van der Waals surface area contributed by atoms with Gasteiger partial charge in [-0.25, -0.2) is 0 Å². The third-order valence-electron chi connectivity index (χ3n) is 5.02. The molecule has 1 saturated carbocycles. The first-order valence-corrected chi connectivity index (χ1v) is 7.44. The van der Waals surface area contributed by atoms with Crippen molar-refractivity contribution < 1.29 is 5.11 Å². The number of likely N-dealkylation sites (tertiary alicyclic amines) is 1. The van der Waals surface area contributed by atoms with Gasteiger partial charge in [0.25, 0.3) is 0 Å². The van der Waals surface area contributed by atoms with Crippen LogP contribution in [0.15, 0.2) is 12.5 Å². The summed E-state index contributed by atoms with van der Waals surface area (Å²) in [5.74, 6) is 0.923. The van der Waals surface area contributed by atoms with Gasteiger partial charge < -0.3 is 10.4 Å². The summed E-state index contributed by atoms with van der Waals surface area (Å²) in [6, 6.07) is 0.538. The normalized spacial score (nSPS) is 36.0. The van der Waals surface area contributed by atoms with Gasteiger partial charge in [0.2, 0.25) is 0 Å². The average Bonchev–Trinajstić information content (AvgIpc) is 2.40. The maximum Gasteiger partial charge on any atom is 0.0948 e. The molecule has 1 saturated heterocycles. The first kappa shape index (κ1) is 13.7. The van der Waals surface area contributed by atoms with Crippen LogP contribution < -0.4 is 5.32 Å². The molecule has 1 aliphatic heterocycles. The molecular weight excluding hydrogens is 224 g/mol. The highest BCUT2D eigenvalue weighted by Gasteiger charge is 2.36. The van der Waals surface area contributed by atoms with Crippen molar-refractivity contribution in [1.82, 2.24) is 10.2 Å². The van der Waals surface area contributed by atoms with Gasteiger partial charge >= 0.3 is 0 Å². The third-order valence-corrected chi connectivity index (χ3v) is 5.02. The predicted molar refractivity (Wildman–Crippen MR) is 75.5 cm³/mol. The Morgan fingerprint density at radius 3 is 2.33 bits per heavy atom. The topological polar surface area (TPSA) is 35.5 Å². The van der Waals surface area contributed by atoms with Crippen LogP contribution >= 0.6 is 0 Å². The molecule has 104 valence electrons. The van der Waals surface area contributed by atoms with E-state index in [0.717, 1.165) is 12.2 Å². The summed E-state index contributed by atoms with van der Waals surface area (Å²) in [4.78, 5) is 2.71. The molecule has 0 aromatic rings. The Balaban J connectivity index is 1.81. The van der Waals surface area contributed by atoms with Crippen molar-refractivity contribution in [2.75, 3.05) is 13.1 Å². The van der Waals surface area contributed by atoms with Crippen molar-refractivity contribution in [1.29, 1.82) is 0 Å². The average molecular weight is 252 g/mol. The molecule has 2 N–H and O–H groups in total. The lowest BCUT2D eigenvalue weighted by molar-refractivity contribution is 0.0312. The Kier molecular flexibility index (Phi) is 4.55. The van der Waals surface area contributed by atoms with Crippen LogP contribution in [0.3, 0.4) is 0 Å². The number of aliphatic hydroxyl groups excluding tert-OH is 1. The second-order valence-electron chi connectivity index (χ2n) is 6.42. The van der Waals surface area contributed by atoms with Crippen LogP contribution in [0.4, 0.5) is 0 Å². The Bertz CT molecular complexity index is 274. The Morgan fingerprint density at radius 2 is 1.78 bits per heavy atom. The van der Waals surface area contributed by atoms with E-state index in [-0.39, 0.29) is 0 Å². The number of rotatable bonds is 3. The minimum Gasteiger partial charge on any atom is -0.514 e. The van der Waals surface area contributed by atoms with Gasteiger partial charge in [0.1, 0.15) is 0 Å². The molecule has 2 rings (SSSR count). The molecular formula is C15H28N2O. The zero-order valence-electron chi connectivity index (χ0n) is 11.9. The first-order chi connectivity index (χ1) is 8.64. The molecule has 3 nitrogen and oxygen atoms in total. The maximum absolute atomic E-state index is 8.67.